The summed E-state index contributed by atoms with van der Waals surface area (Å²) in [5.41, 5.74) is 0.546. The molecule has 0 aliphatic carbocycles. The maximum absolute atomic E-state index is 13.9. The van der Waals surface area contributed by atoms with Gasteiger partial charge in [-0.2, -0.15) is 0 Å². The maximum Gasteiger partial charge on any atom is 0.264 e. The van der Waals surface area contributed by atoms with Crippen LogP contribution in [0.4, 0.5) is 5.69 Å². The Balaban J connectivity index is 1.68. The molecule has 4 rings (SSSR count). The van der Waals surface area contributed by atoms with Gasteiger partial charge in [-0.1, -0.05) is 12.1 Å². The molecule has 1 N–H and O–H groups in total. The Bertz CT molecular complexity index is 1420. The lowest BCUT2D eigenvalue weighted by atomic mass is 9.89. The van der Waals surface area contributed by atoms with Crippen LogP contribution in [0.3, 0.4) is 0 Å². The minimum Gasteiger partial charge on any atom is -0.497 e. The Morgan fingerprint density at radius 1 is 1.13 bits per heavy atom. The Kier molecular flexibility index (Phi) is 8.66. The second-order valence-electron chi connectivity index (χ2n) is 9.68. The van der Waals surface area contributed by atoms with Crippen molar-refractivity contribution >= 4 is 33.4 Å². The van der Waals surface area contributed by atoms with Crippen LogP contribution in [0.1, 0.15) is 38.8 Å². The molecule has 1 unspecified atom stereocenters. The molecule has 1 aliphatic heterocycles. The lowest BCUT2D eigenvalue weighted by molar-refractivity contribution is -0.120. The molecule has 0 spiro atoms. The van der Waals surface area contributed by atoms with Crippen LogP contribution in [-0.4, -0.2) is 46.4 Å². The molecule has 1 heterocycles. The summed E-state index contributed by atoms with van der Waals surface area (Å²) in [6.07, 6.45) is 2.43. The minimum atomic E-state index is -4.11. The number of carbonyl (C=O) groups is 1. The molecule has 3 aromatic rings. The average Bonchev–Trinajstić information content (AvgIpc) is 2.91. The van der Waals surface area contributed by atoms with Crippen LogP contribution in [0.15, 0.2) is 76.5 Å². The number of thioether (sulfide) groups is 1. The first kappa shape index (κ1) is 28.6. The monoisotopic (exact) mass is 570 g/mol. The standard InChI is InChI=1S/C29H34N2O6S2/c1-6-36-26-10-8-7-9-25(26)31(39(33,34)22-14-12-21(38-5)13-15-22)19-28(32)30-24-18-29(2,3)37-27-17-20(35-4)11-16-23(24)27/h7-17,24H,6,18-19H2,1-5H3,(H,30,32). The van der Waals surface area contributed by atoms with E-state index in [2.05, 4.69) is 5.32 Å². The normalized spacial score (nSPS) is 16.0. The van der Waals surface area contributed by atoms with Crippen LogP contribution < -0.4 is 23.8 Å². The minimum absolute atomic E-state index is 0.0871. The summed E-state index contributed by atoms with van der Waals surface area (Å²) < 4.78 is 46.2. The lowest BCUT2D eigenvalue weighted by Crippen LogP contribution is -2.45. The fourth-order valence-corrected chi connectivity index (χ4v) is 6.41. The number of hydrogen-bond donors (Lipinski definition) is 1. The number of benzene rings is 3. The van der Waals surface area contributed by atoms with Crippen molar-refractivity contribution in [3.8, 4) is 17.2 Å². The number of nitrogens with zero attached hydrogens (tertiary/aromatic N) is 1. The number of para-hydroxylation sites is 2. The van der Waals surface area contributed by atoms with Crippen LogP contribution in [0.2, 0.25) is 0 Å². The Hall–Kier alpha value is -3.37. The second kappa shape index (κ2) is 11.8. The summed E-state index contributed by atoms with van der Waals surface area (Å²) in [4.78, 5) is 14.6. The predicted molar refractivity (Wildman–Crippen MR) is 154 cm³/mol. The number of fused-ring (bicyclic) bond motifs is 1. The van der Waals surface area contributed by atoms with Gasteiger partial charge in [-0.3, -0.25) is 9.10 Å². The van der Waals surface area contributed by atoms with Crippen LogP contribution in [0.5, 0.6) is 17.2 Å². The molecule has 208 valence electrons. The van der Waals surface area contributed by atoms with Gasteiger partial charge >= 0.3 is 0 Å². The van der Waals surface area contributed by atoms with E-state index in [0.29, 0.717) is 36.0 Å². The predicted octanol–water partition coefficient (Wildman–Crippen LogP) is 5.43. The molecular formula is C29H34N2O6S2. The van der Waals surface area contributed by atoms with Gasteiger partial charge in [0.1, 0.15) is 29.4 Å². The number of nitrogens with one attached hydrogen (secondary N) is 1. The molecule has 1 atom stereocenters. The van der Waals surface area contributed by atoms with Crippen LogP contribution in [-0.2, 0) is 14.8 Å². The van der Waals surface area contributed by atoms with Gasteiger partial charge < -0.3 is 19.5 Å². The number of sulfonamides is 1. The highest BCUT2D eigenvalue weighted by Gasteiger charge is 2.36. The summed E-state index contributed by atoms with van der Waals surface area (Å²) in [5.74, 6) is 1.20. The average molecular weight is 571 g/mol. The fraction of sp³-hybridized carbons (Fsp3) is 0.345. The smallest absolute Gasteiger partial charge is 0.264 e. The number of ether oxygens (including phenoxy) is 3. The third-order valence-corrected chi connectivity index (χ3v) is 8.90. The molecule has 0 fully saturated rings. The molecule has 3 aromatic carbocycles. The topological polar surface area (TPSA) is 94.2 Å². The van der Waals surface area contributed by atoms with Gasteiger partial charge in [0.2, 0.25) is 5.91 Å². The van der Waals surface area contributed by atoms with E-state index in [1.807, 2.05) is 39.2 Å². The molecule has 0 bridgehead atoms. The van der Waals surface area contributed by atoms with Crippen molar-refractivity contribution in [2.24, 2.45) is 0 Å². The molecule has 0 saturated carbocycles. The van der Waals surface area contributed by atoms with Gasteiger partial charge in [0.25, 0.3) is 10.0 Å². The van der Waals surface area contributed by atoms with Gasteiger partial charge in [0, 0.05) is 22.9 Å². The van der Waals surface area contributed by atoms with Crippen molar-refractivity contribution in [3.05, 3.63) is 72.3 Å². The lowest BCUT2D eigenvalue weighted by Gasteiger charge is -2.38. The van der Waals surface area contributed by atoms with E-state index in [4.69, 9.17) is 14.2 Å². The summed E-state index contributed by atoms with van der Waals surface area (Å²) in [6.45, 7) is 5.63. The van der Waals surface area contributed by atoms with Crippen molar-refractivity contribution in [2.45, 2.75) is 48.6 Å². The van der Waals surface area contributed by atoms with Gasteiger partial charge in [-0.05, 0) is 75.6 Å². The summed E-state index contributed by atoms with van der Waals surface area (Å²) in [7, 11) is -2.52. The van der Waals surface area contributed by atoms with Crippen LogP contribution >= 0.6 is 11.8 Å². The van der Waals surface area contributed by atoms with Crippen molar-refractivity contribution in [2.75, 3.05) is 30.8 Å². The third-order valence-electron chi connectivity index (χ3n) is 6.38. The number of anilines is 1. The van der Waals surface area contributed by atoms with Crippen molar-refractivity contribution in [1.82, 2.24) is 5.32 Å². The van der Waals surface area contributed by atoms with Crippen molar-refractivity contribution in [3.63, 3.8) is 0 Å². The Labute approximate surface area is 234 Å². The quantitative estimate of drug-likeness (QED) is 0.325. The first-order valence-corrected chi connectivity index (χ1v) is 15.3. The molecule has 10 heteroatoms. The van der Waals surface area contributed by atoms with E-state index in [9.17, 15) is 13.2 Å². The van der Waals surface area contributed by atoms with Crippen LogP contribution in [0.25, 0.3) is 0 Å². The second-order valence-corrected chi connectivity index (χ2v) is 12.4. The SMILES string of the molecule is CCOc1ccccc1N(CC(=O)NC1CC(C)(C)Oc2cc(OC)ccc21)S(=O)(=O)c1ccc(SC)cc1. The largest absolute Gasteiger partial charge is 0.497 e. The molecular weight excluding hydrogens is 536 g/mol. The zero-order valence-corrected chi connectivity index (χ0v) is 24.4. The Morgan fingerprint density at radius 2 is 1.85 bits per heavy atom. The van der Waals surface area contributed by atoms with Crippen molar-refractivity contribution in [1.29, 1.82) is 0 Å². The highest BCUT2D eigenvalue weighted by molar-refractivity contribution is 7.98. The fourth-order valence-electron chi connectivity index (χ4n) is 4.57. The zero-order valence-electron chi connectivity index (χ0n) is 22.8. The zero-order chi connectivity index (χ0) is 28.2. The number of methoxy groups -OCH3 is 1. The molecule has 0 saturated heterocycles. The molecule has 1 amide bonds. The van der Waals surface area contributed by atoms with E-state index < -0.39 is 28.1 Å². The van der Waals surface area contributed by atoms with E-state index in [0.717, 1.165) is 14.8 Å². The number of hydrogen-bond acceptors (Lipinski definition) is 7. The van der Waals surface area contributed by atoms with E-state index in [1.165, 1.54) is 11.8 Å². The molecule has 8 nitrogen and oxygen atoms in total. The summed E-state index contributed by atoms with van der Waals surface area (Å²) in [6, 6.07) is 18.5. The van der Waals surface area contributed by atoms with Gasteiger partial charge in [0.15, 0.2) is 0 Å². The number of amides is 1. The maximum atomic E-state index is 13.9. The van der Waals surface area contributed by atoms with E-state index in [-0.39, 0.29) is 10.9 Å². The summed E-state index contributed by atoms with van der Waals surface area (Å²) >= 11 is 1.52. The van der Waals surface area contributed by atoms with Gasteiger partial charge in [-0.15, -0.1) is 11.8 Å². The van der Waals surface area contributed by atoms with E-state index >= 15 is 0 Å². The molecule has 0 radical (unpaired) electrons. The van der Waals surface area contributed by atoms with Gasteiger partial charge in [-0.25, -0.2) is 8.42 Å². The molecule has 0 aromatic heterocycles. The van der Waals surface area contributed by atoms with Crippen molar-refractivity contribution < 1.29 is 27.4 Å². The molecule has 39 heavy (non-hydrogen) atoms. The number of rotatable bonds is 10. The first-order valence-electron chi connectivity index (χ1n) is 12.6. The highest BCUT2D eigenvalue weighted by atomic mass is 32.2. The molecule has 1 aliphatic rings. The summed E-state index contributed by atoms with van der Waals surface area (Å²) in [5, 5.41) is 3.05. The first-order chi connectivity index (χ1) is 18.6. The van der Waals surface area contributed by atoms with E-state index in [1.54, 1.807) is 61.7 Å². The highest BCUT2D eigenvalue weighted by Crippen LogP contribution is 2.41. The Morgan fingerprint density at radius 3 is 2.51 bits per heavy atom. The van der Waals surface area contributed by atoms with Gasteiger partial charge in [0.05, 0.1) is 30.3 Å². The number of carbonyl (C=O) groups excluding carboxylic acids is 1. The van der Waals surface area contributed by atoms with Crippen LogP contribution in [0, 0.1) is 0 Å². The third kappa shape index (κ3) is 6.45.